The Balaban J connectivity index is 1.58. The first kappa shape index (κ1) is 16.9. The van der Waals surface area contributed by atoms with Crippen LogP contribution in [0.25, 0.3) is 0 Å². The minimum atomic E-state index is -0.276. The van der Waals surface area contributed by atoms with Gasteiger partial charge in [-0.3, -0.25) is 4.79 Å². The minimum Gasteiger partial charge on any atom is -0.440 e. The zero-order chi connectivity index (χ0) is 17.1. The number of carbonyl (C=O) groups excluding carboxylic acids is 1. The van der Waals surface area contributed by atoms with Crippen LogP contribution in [0.4, 0.5) is 0 Å². The number of nitrogens with one attached hydrogen (secondary N) is 1. The van der Waals surface area contributed by atoms with E-state index < -0.39 is 0 Å². The average molecular weight is 355 g/mol. The van der Waals surface area contributed by atoms with Gasteiger partial charge < -0.3 is 24.1 Å². The van der Waals surface area contributed by atoms with Gasteiger partial charge in [0, 0.05) is 25.6 Å². The Labute approximate surface area is 143 Å². The molecule has 3 rings (SSSR count). The number of nitrogens with zero attached hydrogens (tertiary/aromatic N) is 3. The maximum absolute atomic E-state index is 12.0. The van der Waals surface area contributed by atoms with Crippen LogP contribution in [0.2, 0.25) is 5.22 Å². The molecule has 1 saturated carbocycles. The second kappa shape index (κ2) is 7.33. The summed E-state index contributed by atoms with van der Waals surface area (Å²) in [4.78, 5) is 12.0. The van der Waals surface area contributed by atoms with Crippen LogP contribution in [0.5, 0.6) is 0 Å². The molecule has 1 amide bonds. The van der Waals surface area contributed by atoms with Crippen molar-refractivity contribution in [3.8, 4) is 0 Å². The molecule has 0 aromatic carbocycles. The number of hydrogen-bond donors (Lipinski definition) is 2. The van der Waals surface area contributed by atoms with Crippen LogP contribution in [0, 0.1) is 0 Å². The number of aliphatic hydroxyl groups excluding tert-OH is 1. The van der Waals surface area contributed by atoms with Gasteiger partial charge in [-0.25, -0.2) is 0 Å². The first-order valence-corrected chi connectivity index (χ1v) is 8.08. The number of carbonyl (C=O) groups is 1. The largest absolute Gasteiger partial charge is 0.440 e. The summed E-state index contributed by atoms with van der Waals surface area (Å²) in [6, 6.07) is 3.13. The van der Waals surface area contributed by atoms with E-state index in [9.17, 15) is 9.90 Å². The highest BCUT2D eigenvalue weighted by Crippen LogP contribution is 2.36. The third-order valence-corrected chi connectivity index (χ3v) is 4.36. The van der Waals surface area contributed by atoms with Crippen molar-refractivity contribution in [3.63, 3.8) is 0 Å². The molecule has 2 aromatic heterocycles. The standard InChI is InChI=1S/C15H19ClN4O4/c1-23-5-4-20-13(8-21)18-19-14(20)9-6-10(7-9)17-15(22)11-2-3-12(16)24-11/h2-3,9-10,21H,4-8H2,1H3,(H,17,22). The van der Waals surface area contributed by atoms with Gasteiger partial charge in [0.1, 0.15) is 12.4 Å². The van der Waals surface area contributed by atoms with E-state index in [0.29, 0.717) is 19.0 Å². The Morgan fingerprint density at radius 3 is 2.92 bits per heavy atom. The van der Waals surface area contributed by atoms with Crippen molar-refractivity contribution >= 4 is 17.5 Å². The van der Waals surface area contributed by atoms with E-state index in [2.05, 4.69) is 15.5 Å². The van der Waals surface area contributed by atoms with Crippen molar-refractivity contribution in [3.05, 3.63) is 34.8 Å². The summed E-state index contributed by atoms with van der Waals surface area (Å²) in [6.07, 6.45) is 1.52. The second-order valence-corrected chi connectivity index (χ2v) is 6.09. The lowest BCUT2D eigenvalue weighted by Gasteiger charge is -2.35. The van der Waals surface area contributed by atoms with E-state index in [1.807, 2.05) is 4.57 Å². The molecule has 1 fully saturated rings. The molecule has 0 radical (unpaired) electrons. The number of hydrogen-bond acceptors (Lipinski definition) is 6. The molecule has 1 aliphatic rings. The fourth-order valence-electron chi connectivity index (χ4n) is 2.83. The fourth-order valence-corrected chi connectivity index (χ4v) is 2.98. The van der Waals surface area contributed by atoms with Gasteiger partial charge in [-0.1, -0.05) is 0 Å². The van der Waals surface area contributed by atoms with Gasteiger partial charge in [0.15, 0.2) is 16.8 Å². The zero-order valence-corrected chi connectivity index (χ0v) is 14.0. The van der Waals surface area contributed by atoms with Crippen molar-refractivity contribution in [2.24, 2.45) is 0 Å². The van der Waals surface area contributed by atoms with Crippen LogP contribution >= 0.6 is 11.6 Å². The van der Waals surface area contributed by atoms with Gasteiger partial charge in [0.25, 0.3) is 5.91 Å². The Morgan fingerprint density at radius 1 is 1.50 bits per heavy atom. The van der Waals surface area contributed by atoms with E-state index in [1.54, 1.807) is 13.2 Å². The molecule has 0 saturated heterocycles. The topological polar surface area (TPSA) is 102 Å². The highest BCUT2D eigenvalue weighted by Gasteiger charge is 2.35. The summed E-state index contributed by atoms with van der Waals surface area (Å²) in [6.45, 7) is 0.945. The van der Waals surface area contributed by atoms with E-state index in [-0.39, 0.29) is 35.5 Å². The van der Waals surface area contributed by atoms with Gasteiger partial charge in [-0.05, 0) is 36.6 Å². The Kier molecular flexibility index (Phi) is 5.17. The Morgan fingerprint density at radius 2 is 2.29 bits per heavy atom. The number of ether oxygens (including phenoxy) is 1. The van der Waals surface area contributed by atoms with Crippen LogP contribution in [-0.4, -0.2) is 45.5 Å². The highest BCUT2D eigenvalue weighted by atomic mass is 35.5. The average Bonchev–Trinajstić information content (AvgIpc) is 3.14. The molecule has 8 nitrogen and oxygen atoms in total. The normalized spacial score (nSPS) is 20.0. The van der Waals surface area contributed by atoms with Gasteiger partial charge >= 0.3 is 0 Å². The number of aromatic nitrogens is 3. The van der Waals surface area contributed by atoms with Crippen LogP contribution in [-0.2, 0) is 17.9 Å². The van der Waals surface area contributed by atoms with Gasteiger partial charge in [0.05, 0.1) is 6.61 Å². The third-order valence-electron chi connectivity index (χ3n) is 4.15. The van der Waals surface area contributed by atoms with Crippen molar-refractivity contribution < 1.29 is 19.1 Å². The number of furan rings is 1. The van der Waals surface area contributed by atoms with Crippen LogP contribution < -0.4 is 5.32 Å². The molecule has 9 heteroatoms. The monoisotopic (exact) mass is 354 g/mol. The summed E-state index contributed by atoms with van der Waals surface area (Å²) < 4.78 is 12.1. The van der Waals surface area contributed by atoms with Gasteiger partial charge in [-0.2, -0.15) is 0 Å². The van der Waals surface area contributed by atoms with E-state index in [1.165, 1.54) is 6.07 Å². The second-order valence-electron chi connectivity index (χ2n) is 5.72. The Hall–Kier alpha value is -1.90. The molecule has 0 aliphatic heterocycles. The number of halogens is 1. The smallest absolute Gasteiger partial charge is 0.287 e. The molecule has 0 atom stereocenters. The molecular weight excluding hydrogens is 336 g/mol. The maximum Gasteiger partial charge on any atom is 0.287 e. The quantitative estimate of drug-likeness (QED) is 0.777. The van der Waals surface area contributed by atoms with E-state index in [0.717, 1.165) is 18.7 Å². The van der Waals surface area contributed by atoms with Crippen LogP contribution in [0.3, 0.4) is 0 Å². The zero-order valence-electron chi connectivity index (χ0n) is 13.2. The first-order valence-electron chi connectivity index (χ1n) is 7.70. The van der Waals surface area contributed by atoms with Gasteiger partial charge in [0.2, 0.25) is 0 Å². The number of rotatable bonds is 7. The maximum atomic E-state index is 12.0. The van der Waals surface area contributed by atoms with Crippen molar-refractivity contribution in [1.29, 1.82) is 0 Å². The summed E-state index contributed by atoms with van der Waals surface area (Å²) in [7, 11) is 1.62. The van der Waals surface area contributed by atoms with Crippen LogP contribution in [0.15, 0.2) is 16.5 Å². The SMILES string of the molecule is COCCn1c(CO)nnc1C1CC(NC(=O)c2ccc(Cl)o2)C1. The molecule has 2 aromatic rings. The number of aliphatic hydroxyl groups is 1. The van der Waals surface area contributed by atoms with E-state index in [4.69, 9.17) is 20.8 Å². The van der Waals surface area contributed by atoms with Gasteiger partial charge in [-0.15, -0.1) is 10.2 Å². The third kappa shape index (κ3) is 3.45. The summed E-state index contributed by atoms with van der Waals surface area (Å²) in [5.41, 5.74) is 0. The van der Waals surface area contributed by atoms with Crippen LogP contribution in [0.1, 0.15) is 41.0 Å². The molecule has 2 heterocycles. The lowest BCUT2D eigenvalue weighted by Crippen LogP contribution is -2.44. The number of methoxy groups -OCH3 is 1. The Bertz CT molecular complexity index is 708. The molecule has 0 bridgehead atoms. The lowest BCUT2D eigenvalue weighted by molar-refractivity contribution is 0.0878. The molecule has 24 heavy (non-hydrogen) atoms. The van der Waals surface area contributed by atoms with Crippen molar-refractivity contribution in [1.82, 2.24) is 20.1 Å². The molecule has 1 aliphatic carbocycles. The fraction of sp³-hybridized carbons (Fsp3) is 0.533. The summed E-state index contributed by atoms with van der Waals surface area (Å²) in [5.74, 6) is 1.47. The molecule has 2 N–H and O–H groups in total. The number of amides is 1. The lowest BCUT2D eigenvalue weighted by atomic mass is 9.79. The molecular formula is C15H19ClN4O4. The molecule has 0 spiro atoms. The van der Waals surface area contributed by atoms with Crippen molar-refractivity contribution in [2.75, 3.05) is 13.7 Å². The van der Waals surface area contributed by atoms with Crippen molar-refractivity contribution in [2.45, 2.75) is 38.0 Å². The predicted molar refractivity (Wildman–Crippen MR) is 84.8 cm³/mol. The minimum absolute atomic E-state index is 0.0523. The summed E-state index contributed by atoms with van der Waals surface area (Å²) >= 11 is 5.67. The predicted octanol–water partition coefficient (Wildman–Crippen LogP) is 1.34. The molecule has 130 valence electrons. The highest BCUT2D eigenvalue weighted by molar-refractivity contribution is 6.29. The molecule has 0 unspecified atom stereocenters. The first-order chi connectivity index (χ1) is 11.6. The van der Waals surface area contributed by atoms with E-state index >= 15 is 0 Å². The summed E-state index contributed by atoms with van der Waals surface area (Å²) in [5, 5.41) is 20.7.